The van der Waals surface area contributed by atoms with Gasteiger partial charge in [-0.15, -0.1) is 6.58 Å². The lowest BCUT2D eigenvalue weighted by molar-refractivity contribution is -0.141. The fourth-order valence-corrected chi connectivity index (χ4v) is 6.50. The van der Waals surface area contributed by atoms with Crippen molar-refractivity contribution >= 4 is 17.7 Å². The fraction of sp³-hybridized carbons (Fsp3) is 0.708. The van der Waals surface area contributed by atoms with Gasteiger partial charge in [-0.25, -0.2) is 0 Å². The summed E-state index contributed by atoms with van der Waals surface area (Å²) in [7, 11) is 0. The zero-order chi connectivity index (χ0) is 21.6. The highest BCUT2D eigenvalue weighted by Gasteiger charge is 2.72. The second-order valence-electron chi connectivity index (χ2n) is 9.81. The van der Waals surface area contributed by atoms with Gasteiger partial charge in [0.1, 0.15) is 11.6 Å². The van der Waals surface area contributed by atoms with Crippen molar-refractivity contribution in [3.8, 4) is 0 Å². The van der Waals surface area contributed by atoms with Crippen LogP contribution in [-0.4, -0.2) is 59.0 Å². The Morgan fingerprint density at radius 3 is 2.32 bits per heavy atom. The van der Waals surface area contributed by atoms with E-state index in [9.17, 15) is 14.4 Å². The van der Waals surface area contributed by atoms with Gasteiger partial charge >= 0.3 is 0 Å². The first-order valence-electron chi connectivity index (χ1n) is 11.9. The minimum atomic E-state index is -1.07. The van der Waals surface area contributed by atoms with Crippen LogP contribution in [0.1, 0.15) is 57.8 Å². The summed E-state index contributed by atoms with van der Waals surface area (Å²) < 4.78 is 6.32. The SMILES string of the molecule is C=CCN1C(=O)[C@H]2[C@@H](C(=O)NC3CCCC3)[C@H]3C=C[C@@]2(O3)[C@H]1C(=O)NC1CCCCC1. The third-order valence-electron chi connectivity index (χ3n) is 7.90. The van der Waals surface area contributed by atoms with Crippen molar-refractivity contribution < 1.29 is 19.1 Å². The molecule has 1 spiro atoms. The summed E-state index contributed by atoms with van der Waals surface area (Å²) in [5.41, 5.74) is -1.07. The monoisotopic (exact) mass is 427 g/mol. The maximum Gasteiger partial charge on any atom is 0.246 e. The topological polar surface area (TPSA) is 87.7 Å². The van der Waals surface area contributed by atoms with Crippen LogP contribution in [0.4, 0.5) is 0 Å². The number of hydrogen-bond donors (Lipinski definition) is 2. The largest absolute Gasteiger partial charge is 0.359 e. The predicted octanol–water partition coefficient (Wildman–Crippen LogP) is 1.83. The quantitative estimate of drug-likeness (QED) is 0.633. The molecule has 0 radical (unpaired) electrons. The van der Waals surface area contributed by atoms with Crippen LogP contribution in [0.5, 0.6) is 0 Å². The summed E-state index contributed by atoms with van der Waals surface area (Å²) in [6.45, 7) is 4.04. The minimum Gasteiger partial charge on any atom is -0.359 e. The Morgan fingerprint density at radius 2 is 1.68 bits per heavy atom. The third kappa shape index (κ3) is 3.32. The Bertz CT molecular complexity index is 799. The number of carbonyl (C=O) groups is 3. The van der Waals surface area contributed by atoms with Crippen LogP contribution in [0.3, 0.4) is 0 Å². The number of amides is 3. The zero-order valence-corrected chi connectivity index (χ0v) is 18.1. The molecule has 5 atom stereocenters. The molecule has 168 valence electrons. The van der Waals surface area contributed by atoms with Crippen molar-refractivity contribution in [3.63, 3.8) is 0 Å². The lowest BCUT2D eigenvalue weighted by Crippen LogP contribution is -2.56. The van der Waals surface area contributed by atoms with Crippen molar-refractivity contribution in [2.75, 3.05) is 6.54 Å². The van der Waals surface area contributed by atoms with Crippen molar-refractivity contribution in [2.45, 2.75) is 87.6 Å². The highest BCUT2D eigenvalue weighted by molar-refractivity contribution is 6.00. The number of rotatable bonds is 6. The molecule has 3 amide bonds. The van der Waals surface area contributed by atoms with E-state index < -0.39 is 29.6 Å². The fourth-order valence-electron chi connectivity index (χ4n) is 6.50. The van der Waals surface area contributed by atoms with Crippen LogP contribution < -0.4 is 10.6 Å². The molecular weight excluding hydrogens is 394 g/mol. The van der Waals surface area contributed by atoms with Gasteiger partial charge < -0.3 is 20.3 Å². The number of fused-ring (bicyclic) bond motifs is 1. The average molecular weight is 428 g/mol. The molecule has 5 aliphatic rings. The van der Waals surface area contributed by atoms with Crippen molar-refractivity contribution in [2.24, 2.45) is 11.8 Å². The van der Waals surface area contributed by atoms with Crippen LogP contribution in [0.25, 0.3) is 0 Å². The van der Waals surface area contributed by atoms with Crippen LogP contribution in [0.2, 0.25) is 0 Å². The van der Waals surface area contributed by atoms with Gasteiger partial charge in [0.2, 0.25) is 17.7 Å². The molecule has 2 aliphatic carbocycles. The van der Waals surface area contributed by atoms with Crippen LogP contribution in [0.15, 0.2) is 24.8 Å². The van der Waals surface area contributed by atoms with Crippen LogP contribution in [0, 0.1) is 11.8 Å². The first-order chi connectivity index (χ1) is 15.0. The van der Waals surface area contributed by atoms with Gasteiger partial charge in [-0.2, -0.15) is 0 Å². The molecule has 3 heterocycles. The van der Waals surface area contributed by atoms with E-state index in [-0.39, 0.29) is 36.3 Å². The van der Waals surface area contributed by atoms with Gasteiger partial charge in [0.05, 0.1) is 17.9 Å². The number of nitrogens with zero attached hydrogens (tertiary/aromatic N) is 1. The highest BCUT2D eigenvalue weighted by Crippen LogP contribution is 2.55. The second-order valence-corrected chi connectivity index (χ2v) is 9.81. The van der Waals surface area contributed by atoms with E-state index in [1.165, 1.54) is 6.42 Å². The number of hydrogen-bond acceptors (Lipinski definition) is 4. The lowest BCUT2D eigenvalue weighted by atomic mass is 9.74. The first kappa shape index (κ1) is 20.7. The van der Waals surface area contributed by atoms with Crippen molar-refractivity contribution in [1.29, 1.82) is 0 Å². The van der Waals surface area contributed by atoms with Gasteiger partial charge in [-0.1, -0.05) is 50.3 Å². The Labute approximate surface area is 183 Å². The van der Waals surface area contributed by atoms with Gasteiger partial charge in [-0.05, 0) is 25.7 Å². The third-order valence-corrected chi connectivity index (χ3v) is 7.90. The molecule has 0 aromatic carbocycles. The Kier molecular flexibility index (Phi) is 5.40. The molecular formula is C24H33N3O4. The normalized spacial score (nSPS) is 37.3. The van der Waals surface area contributed by atoms with Gasteiger partial charge in [-0.3, -0.25) is 14.4 Å². The summed E-state index contributed by atoms with van der Waals surface area (Å²) >= 11 is 0. The number of likely N-dealkylation sites (tertiary alicyclic amines) is 1. The molecule has 7 nitrogen and oxygen atoms in total. The van der Waals surface area contributed by atoms with E-state index in [4.69, 9.17) is 4.74 Å². The zero-order valence-electron chi connectivity index (χ0n) is 18.1. The number of nitrogens with one attached hydrogen (secondary N) is 2. The van der Waals surface area contributed by atoms with Crippen molar-refractivity contribution in [1.82, 2.24) is 15.5 Å². The average Bonchev–Trinajstić information content (AvgIpc) is 3.52. The van der Waals surface area contributed by atoms with E-state index in [2.05, 4.69) is 17.2 Å². The summed E-state index contributed by atoms with van der Waals surface area (Å²) in [5.74, 6) is -1.72. The molecule has 3 aliphatic heterocycles. The summed E-state index contributed by atoms with van der Waals surface area (Å²) in [5, 5.41) is 6.33. The summed E-state index contributed by atoms with van der Waals surface area (Å²) in [4.78, 5) is 41.8. The smallest absolute Gasteiger partial charge is 0.246 e. The van der Waals surface area contributed by atoms with E-state index in [1.807, 2.05) is 12.2 Å². The lowest BCUT2D eigenvalue weighted by Gasteiger charge is -2.33. The molecule has 5 rings (SSSR count). The van der Waals surface area contributed by atoms with Gasteiger partial charge in [0, 0.05) is 18.6 Å². The molecule has 2 saturated heterocycles. The highest BCUT2D eigenvalue weighted by atomic mass is 16.5. The van der Waals surface area contributed by atoms with Gasteiger partial charge in [0.25, 0.3) is 0 Å². The number of carbonyl (C=O) groups excluding carboxylic acids is 3. The molecule has 2 N–H and O–H groups in total. The first-order valence-corrected chi connectivity index (χ1v) is 11.9. The summed E-state index contributed by atoms with van der Waals surface area (Å²) in [6.07, 6.45) is 14.5. The Morgan fingerprint density at radius 1 is 1.06 bits per heavy atom. The summed E-state index contributed by atoms with van der Waals surface area (Å²) in [6, 6.07) is -0.449. The maximum atomic E-state index is 13.5. The van der Waals surface area contributed by atoms with E-state index in [1.54, 1.807) is 11.0 Å². The molecule has 2 bridgehead atoms. The van der Waals surface area contributed by atoms with E-state index in [0.29, 0.717) is 0 Å². The Hall–Kier alpha value is -2.15. The molecule has 0 aromatic heterocycles. The molecule has 0 aromatic rings. The van der Waals surface area contributed by atoms with Crippen LogP contribution in [-0.2, 0) is 19.1 Å². The molecule has 0 unspecified atom stereocenters. The maximum absolute atomic E-state index is 13.5. The standard InChI is InChI=1S/C24H33N3O4/c1-2-14-27-20(22(29)26-16-8-4-3-5-9-16)24-13-12-17(31-24)18(19(24)23(27)30)21(28)25-15-10-6-7-11-15/h2,12-13,15-20H,1,3-11,14H2,(H,25,28)(H,26,29)/t17-,18+,19-,20-,24+/m1/s1. The second kappa shape index (κ2) is 8.08. The van der Waals surface area contributed by atoms with Crippen molar-refractivity contribution in [3.05, 3.63) is 24.8 Å². The molecule has 4 fully saturated rings. The van der Waals surface area contributed by atoms with E-state index >= 15 is 0 Å². The number of ether oxygens (including phenoxy) is 1. The molecule has 31 heavy (non-hydrogen) atoms. The molecule has 2 saturated carbocycles. The van der Waals surface area contributed by atoms with Crippen LogP contribution >= 0.6 is 0 Å². The predicted molar refractivity (Wildman–Crippen MR) is 115 cm³/mol. The van der Waals surface area contributed by atoms with Gasteiger partial charge in [0.15, 0.2) is 0 Å². The molecule has 7 heteroatoms. The minimum absolute atomic E-state index is 0.117. The van der Waals surface area contributed by atoms with E-state index in [0.717, 1.165) is 51.4 Å². The Balaban J connectivity index is 1.41.